The Morgan fingerprint density at radius 1 is 1.70 bits per heavy atom. The zero-order valence-electron chi connectivity index (χ0n) is 5.43. The maximum atomic E-state index is 10.7. The van der Waals surface area contributed by atoms with E-state index in [0.717, 1.165) is 10.7 Å². The van der Waals surface area contributed by atoms with Crippen LogP contribution in [-0.4, -0.2) is 31.8 Å². The number of sulfonamides is 1. The van der Waals surface area contributed by atoms with Crippen molar-refractivity contribution in [2.24, 2.45) is 16.1 Å². The second-order valence-electron chi connectivity index (χ2n) is 2.02. The maximum Gasteiger partial charge on any atom is 0.249 e. The molecule has 1 rings (SSSR count). The van der Waals surface area contributed by atoms with Crippen molar-refractivity contribution in [1.29, 1.82) is 0 Å². The Morgan fingerprint density at radius 2 is 2.30 bits per heavy atom. The molecule has 1 aliphatic heterocycles. The van der Waals surface area contributed by atoms with Crippen LogP contribution in [0, 0.1) is 0 Å². The molecule has 0 aliphatic carbocycles. The molecule has 0 spiro atoms. The molecular weight excluding hydrogens is 156 g/mol. The van der Waals surface area contributed by atoms with Crippen LogP contribution >= 0.6 is 0 Å². The van der Waals surface area contributed by atoms with E-state index < -0.39 is 16.2 Å². The van der Waals surface area contributed by atoms with E-state index in [1.54, 1.807) is 0 Å². The standard InChI is InChI=1S/C3H8N4O2S/c1-10(8,9)7-3(4)2-5-6-7/h3H,2,4H2,1H3. The van der Waals surface area contributed by atoms with Gasteiger partial charge in [0, 0.05) is 0 Å². The van der Waals surface area contributed by atoms with Crippen molar-refractivity contribution in [1.82, 2.24) is 4.41 Å². The summed E-state index contributed by atoms with van der Waals surface area (Å²) in [5.74, 6) is 0. The fourth-order valence-corrected chi connectivity index (χ4v) is 1.37. The molecule has 1 heterocycles. The summed E-state index contributed by atoms with van der Waals surface area (Å²) >= 11 is 0. The summed E-state index contributed by atoms with van der Waals surface area (Å²) in [7, 11) is -3.30. The molecule has 1 aliphatic rings. The van der Waals surface area contributed by atoms with Crippen molar-refractivity contribution >= 4 is 10.0 Å². The first-order valence-electron chi connectivity index (χ1n) is 2.64. The van der Waals surface area contributed by atoms with Gasteiger partial charge in [-0.05, 0) is 0 Å². The van der Waals surface area contributed by atoms with E-state index in [1.807, 2.05) is 0 Å². The zero-order valence-corrected chi connectivity index (χ0v) is 6.24. The Labute approximate surface area is 58.7 Å². The lowest BCUT2D eigenvalue weighted by Gasteiger charge is -2.13. The predicted molar refractivity (Wildman–Crippen MR) is 34.4 cm³/mol. The van der Waals surface area contributed by atoms with Crippen molar-refractivity contribution in [3.05, 3.63) is 0 Å². The molecule has 0 aromatic carbocycles. The van der Waals surface area contributed by atoms with Gasteiger partial charge in [-0.25, -0.2) is 8.42 Å². The van der Waals surface area contributed by atoms with E-state index in [9.17, 15) is 8.42 Å². The van der Waals surface area contributed by atoms with E-state index >= 15 is 0 Å². The lowest BCUT2D eigenvalue weighted by molar-refractivity contribution is 0.384. The van der Waals surface area contributed by atoms with Gasteiger partial charge in [-0.15, -0.1) is 0 Å². The minimum absolute atomic E-state index is 0.243. The van der Waals surface area contributed by atoms with Crippen LogP contribution in [0.1, 0.15) is 0 Å². The van der Waals surface area contributed by atoms with E-state index in [4.69, 9.17) is 5.73 Å². The second kappa shape index (κ2) is 2.17. The van der Waals surface area contributed by atoms with Crippen LogP contribution in [0.4, 0.5) is 0 Å². The van der Waals surface area contributed by atoms with E-state index in [0.29, 0.717) is 0 Å². The average molecular weight is 164 g/mol. The summed E-state index contributed by atoms with van der Waals surface area (Å²) in [5.41, 5.74) is 5.32. The van der Waals surface area contributed by atoms with Crippen LogP contribution in [-0.2, 0) is 10.0 Å². The SMILES string of the molecule is CS(=O)(=O)N1N=NCC1N. The van der Waals surface area contributed by atoms with E-state index in [-0.39, 0.29) is 6.54 Å². The van der Waals surface area contributed by atoms with Gasteiger partial charge in [-0.2, -0.15) is 9.53 Å². The molecule has 0 bridgehead atoms. The fraction of sp³-hybridized carbons (Fsp3) is 1.00. The molecule has 1 atom stereocenters. The van der Waals surface area contributed by atoms with Crippen molar-refractivity contribution in [3.63, 3.8) is 0 Å². The molecule has 1 unspecified atom stereocenters. The number of nitrogens with zero attached hydrogens (tertiary/aromatic N) is 3. The highest BCUT2D eigenvalue weighted by Gasteiger charge is 2.25. The van der Waals surface area contributed by atoms with Gasteiger partial charge >= 0.3 is 0 Å². The summed E-state index contributed by atoms with van der Waals surface area (Å²) in [5, 5.41) is 6.79. The first kappa shape index (κ1) is 7.42. The van der Waals surface area contributed by atoms with Gasteiger partial charge in [0.05, 0.1) is 12.8 Å². The Hall–Kier alpha value is -0.690. The maximum absolute atomic E-state index is 10.7. The van der Waals surface area contributed by atoms with Crippen molar-refractivity contribution in [3.8, 4) is 0 Å². The van der Waals surface area contributed by atoms with Gasteiger partial charge in [0.15, 0.2) is 0 Å². The Kier molecular flexibility index (Phi) is 1.61. The first-order chi connectivity index (χ1) is 4.52. The van der Waals surface area contributed by atoms with E-state index in [2.05, 4.69) is 10.3 Å². The molecule has 10 heavy (non-hydrogen) atoms. The Morgan fingerprint density at radius 3 is 2.50 bits per heavy atom. The fourth-order valence-electron chi connectivity index (χ4n) is 0.631. The minimum atomic E-state index is -3.30. The third-order valence-electron chi connectivity index (χ3n) is 1.04. The van der Waals surface area contributed by atoms with Gasteiger partial charge in [0.1, 0.15) is 6.17 Å². The third kappa shape index (κ3) is 1.24. The largest absolute Gasteiger partial charge is 0.307 e. The van der Waals surface area contributed by atoms with Gasteiger partial charge in [-0.3, -0.25) is 0 Å². The zero-order chi connectivity index (χ0) is 7.78. The predicted octanol–water partition coefficient (Wildman–Crippen LogP) is -1.09. The summed E-state index contributed by atoms with van der Waals surface area (Å²) in [6.07, 6.45) is 0.423. The summed E-state index contributed by atoms with van der Waals surface area (Å²) in [6, 6.07) is 0. The molecule has 6 nitrogen and oxygen atoms in total. The molecule has 0 aromatic rings. The van der Waals surface area contributed by atoms with Gasteiger partial charge in [0.25, 0.3) is 0 Å². The highest BCUT2D eigenvalue weighted by Crippen LogP contribution is 2.09. The highest BCUT2D eigenvalue weighted by atomic mass is 32.2. The van der Waals surface area contributed by atoms with E-state index in [1.165, 1.54) is 0 Å². The molecule has 7 heteroatoms. The summed E-state index contributed by atoms with van der Waals surface area (Å²) < 4.78 is 22.3. The summed E-state index contributed by atoms with van der Waals surface area (Å²) in [4.78, 5) is 0. The quantitative estimate of drug-likeness (QED) is 0.534. The van der Waals surface area contributed by atoms with Crippen LogP contribution in [0.5, 0.6) is 0 Å². The number of nitrogens with two attached hydrogens (primary N) is 1. The monoisotopic (exact) mass is 164 g/mol. The first-order valence-corrected chi connectivity index (χ1v) is 4.49. The summed E-state index contributed by atoms with van der Waals surface area (Å²) in [6.45, 7) is 0.243. The molecule has 58 valence electrons. The Bertz CT molecular complexity index is 245. The topological polar surface area (TPSA) is 88.1 Å². The third-order valence-corrected chi connectivity index (χ3v) is 2.07. The normalized spacial score (nSPS) is 25.8. The molecule has 0 amide bonds. The second-order valence-corrected chi connectivity index (χ2v) is 3.86. The minimum Gasteiger partial charge on any atom is -0.307 e. The van der Waals surface area contributed by atoms with Gasteiger partial charge in [-0.1, -0.05) is 5.22 Å². The smallest absolute Gasteiger partial charge is 0.249 e. The van der Waals surface area contributed by atoms with Crippen LogP contribution in [0.25, 0.3) is 0 Å². The molecule has 0 saturated heterocycles. The number of hydrogen-bond acceptors (Lipinski definition) is 5. The average Bonchev–Trinajstić information content (AvgIpc) is 2.11. The highest BCUT2D eigenvalue weighted by molar-refractivity contribution is 7.88. The molecule has 0 fully saturated rings. The molecule has 0 saturated carbocycles. The van der Waals surface area contributed by atoms with Crippen LogP contribution in [0.3, 0.4) is 0 Å². The van der Waals surface area contributed by atoms with Gasteiger partial charge in [0.2, 0.25) is 10.0 Å². The van der Waals surface area contributed by atoms with Crippen molar-refractivity contribution in [2.45, 2.75) is 6.17 Å². The molecule has 0 aromatic heterocycles. The Balaban J connectivity index is 2.84. The molecule has 0 radical (unpaired) electrons. The van der Waals surface area contributed by atoms with Crippen molar-refractivity contribution < 1.29 is 8.42 Å². The van der Waals surface area contributed by atoms with Crippen molar-refractivity contribution in [2.75, 3.05) is 12.8 Å². The molecular formula is C3H8N4O2S. The lowest BCUT2D eigenvalue weighted by Crippen LogP contribution is -2.40. The van der Waals surface area contributed by atoms with Crippen LogP contribution in [0.2, 0.25) is 0 Å². The van der Waals surface area contributed by atoms with Gasteiger partial charge < -0.3 is 5.73 Å². The number of rotatable bonds is 1. The van der Waals surface area contributed by atoms with Crippen LogP contribution < -0.4 is 5.73 Å². The molecule has 2 N–H and O–H groups in total. The lowest BCUT2D eigenvalue weighted by atomic mass is 10.6. The van der Waals surface area contributed by atoms with Crippen LogP contribution in [0.15, 0.2) is 10.3 Å². The number of hydrogen-bond donors (Lipinski definition) is 1.